The molecule has 0 saturated carbocycles. The molecule has 0 aliphatic heterocycles. The molecule has 108 valence electrons. The number of aromatic nitrogens is 3. The highest BCUT2D eigenvalue weighted by atomic mass is 32.1. The van der Waals surface area contributed by atoms with Crippen molar-refractivity contribution in [2.75, 3.05) is 5.73 Å². The maximum Gasteiger partial charge on any atom is 0.452 e. The molecule has 0 radical (unpaired) electrons. The van der Waals surface area contributed by atoms with Gasteiger partial charge in [0.1, 0.15) is 5.52 Å². The average molecular weight is 312 g/mol. The number of halogens is 3. The molecule has 2 N–H and O–H groups in total. The number of pyridine rings is 1. The minimum absolute atomic E-state index is 0.209. The second-order valence-electron chi connectivity index (χ2n) is 4.04. The fourth-order valence-electron chi connectivity index (χ4n) is 1.71. The van der Waals surface area contributed by atoms with Gasteiger partial charge >= 0.3 is 6.18 Å². The maximum absolute atomic E-state index is 12.4. The summed E-state index contributed by atoms with van der Waals surface area (Å²) in [5.74, 6) is -0.958. The van der Waals surface area contributed by atoms with Gasteiger partial charge in [-0.15, -0.1) is 0 Å². The van der Waals surface area contributed by atoms with Gasteiger partial charge in [0.15, 0.2) is 5.75 Å². The van der Waals surface area contributed by atoms with Crippen molar-refractivity contribution >= 4 is 28.1 Å². The summed E-state index contributed by atoms with van der Waals surface area (Å²) >= 11 is 0.522. The maximum atomic E-state index is 12.4. The van der Waals surface area contributed by atoms with Gasteiger partial charge in [-0.25, -0.2) is 0 Å². The van der Waals surface area contributed by atoms with Crippen LogP contribution in [0, 0.1) is 0 Å². The second kappa shape index (κ2) is 4.85. The lowest BCUT2D eigenvalue weighted by molar-refractivity contribution is -0.144. The minimum Gasteiger partial charge on any atom is -0.428 e. The molecule has 3 aromatic rings. The lowest BCUT2D eigenvalue weighted by Crippen LogP contribution is -2.06. The molecule has 0 saturated heterocycles. The Hall–Kier alpha value is -2.42. The van der Waals surface area contributed by atoms with Crippen molar-refractivity contribution in [1.82, 2.24) is 14.3 Å². The van der Waals surface area contributed by atoms with Gasteiger partial charge in [-0.1, -0.05) is 0 Å². The van der Waals surface area contributed by atoms with Gasteiger partial charge in [0.25, 0.3) is 11.0 Å². The number of hydrogen-bond donors (Lipinski definition) is 1. The Morgan fingerprint density at radius 1 is 1.19 bits per heavy atom. The number of fused-ring (bicyclic) bond motifs is 1. The molecule has 0 aliphatic carbocycles. The van der Waals surface area contributed by atoms with Gasteiger partial charge in [-0.05, 0) is 24.3 Å². The van der Waals surface area contributed by atoms with E-state index in [1.807, 2.05) is 0 Å². The van der Waals surface area contributed by atoms with E-state index >= 15 is 0 Å². The molecule has 0 spiro atoms. The summed E-state index contributed by atoms with van der Waals surface area (Å²) in [6.07, 6.45) is -3.06. The minimum atomic E-state index is -4.60. The topological polar surface area (TPSA) is 73.9 Å². The van der Waals surface area contributed by atoms with E-state index in [0.29, 0.717) is 28.1 Å². The molecular formula is C12H7F3N4OS. The van der Waals surface area contributed by atoms with E-state index < -0.39 is 12.0 Å². The monoisotopic (exact) mass is 312 g/mol. The van der Waals surface area contributed by atoms with Crippen molar-refractivity contribution in [1.29, 1.82) is 0 Å². The fraction of sp³-hybridized carbons (Fsp3) is 0.0833. The van der Waals surface area contributed by atoms with E-state index in [9.17, 15) is 13.2 Å². The number of benzene rings is 1. The fourth-order valence-corrected chi connectivity index (χ4v) is 2.27. The lowest BCUT2D eigenvalue weighted by Gasteiger charge is -2.07. The third kappa shape index (κ3) is 2.59. The number of anilines is 1. The number of ether oxygens (including phenoxy) is 1. The van der Waals surface area contributed by atoms with Crippen molar-refractivity contribution in [2.45, 2.75) is 6.18 Å². The van der Waals surface area contributed by atoms with E-state index in [4.69, 9.17) is 10.5 Å². The van der Waals surface area contributed by atoms with E-state index in [0.717, 1.165) is 0 Å². The van der Waals surface area contributed by atoms with Crippen LogP contribution in [0.1, 0.15) is 5.82 Å². The Labute approximate surface area is 120 Å². The summed E-state index contributed by atoms with van der Waals surface area (Å²) in [6.45, 7) is 0. The standard InChI is InChI=1S/C12H7F3N4OS/c13-12(14,15)10-18-11(21-19-10)20-8-4-3-7(16)6-2-1-5-17-9(6)8/h1-5H,16H2. The van der Waals surface area contributed by atoms with Gasteiger partial charge in [0.2, 0.25) is 0 Å². The molecule has 0 bridgehead atoms. The predicted molar refractivity (Wildman–Crippen MR) is 71.1 cm³/mol. The molecule has 3 rings (SSSR count). The Bertz CT molecular complexity index is 803. The van der Waals surface area contributed by atoms with Crippen LogP contribution in [0.3, 0.4) is 0 Å². The van der Waals surface area contributed by atoms with Crippen molar-refractivity contribution in [3.63, 3.8) is 0 Å². The highest BCUT2D eigenvalue weighted by Gasteiger charge is 2.36. The van der Waals surface area contributed by atoms with Crippen LogP contribution in [0.4, 0.5) is 18.9 Å². The number of rotatable bonds is 2. The largest absolute Gasteiger partial charge is 0.452 e. The van der Waals surface area contributed by atoms with E-state index in [2.05, 4.69) is 14.3 Å². The molecule has 0 unspecified atom stereocenters. The third-order valence-electron chi connectivity index (χ3n) is 2.62. The molecule has 1 aromatic carbocycles. The van der Waals surface area contributed by atoms with Gasteiger partial charge in [0.05, 0.1) is 0 Å². The summed E-state index contributed by atoms with van der Waals surface area (Å²) in [7, 11) is 0. The highest BCUT2D eigenvalue weighted by molar-refractivity contribution is 7.07. The first-order valence-corrected chi connectivity index (χ1v) is 6.44. The first-order valence-electron chi connectivity index (χ1n) is 5.67. The van der Waals surface area contributed by atoms with Crippen LogP contribution < -0.4 is 10.5 Å². The molecule has 0 amide bonds. The quantitative estimate of drug-likeness (QED) is 0.733. The second-order valence-corrected chi connectivity index (χ2v) is 4.75. The van der Waals surface area contributed by atoms with Crippen LogP contribution in [0.25, 0.3) is 10.9 Å². The number of hydrogen-bond acceptors (Lipinski definition) is 6. The van der Waals surface area contributed by atoms with Crippen LogP contribution in [0.15, 0.2) is 30.5 Å². The highest BCUT2D eigenvalue weighted by Crippen LogP contribution is 2.34. The summed E-state index contributed by atoms with van der Waals surface area (Å²) in [4.78, 5) is 7.43. The molecule has 9 heteroatoms. The SMILES string of the molecule is Nc1ccc(Oc2nc(C(F)(F)F)ns2)c2ncccc12. The predicted octanol–water partition coefficient (Wildman–Crippen LogP) is 3.48. The molecule has 2 aromatic heterocycles. The first kappa shape index (κ1) is 13.6. The third-order valence-corrected chi connectivity index (χ3v) is 3.22. The lowest BCUT2D eigenvalue weighted by atomic mass is 10.2. The Morgan fingerprint density at radius 3 is 2.71 bits per heavy atom. The summed E-state index contributed by atoms with van der Waals surface area (Å²) in [6, 6.07) is 6.56. The van der Waals surface area contributed by atoms with Crippen LogP contribution >= 0.6 is 11.5 Å². The van der Waals surface area contributed by atoms with Crippen LogP contribution in [-0.2, 0) is 6.18 Å². The Morgan fingerprint density at radius 2 is 2.00 bits per heavy atom. The van der Waals surface area contributed by atoms with Gasteiger partial charge in [-0.2, -0.15) is 22.5 Å². The number of nitrogens with two attached hydrogens (primary N) is 1. The van der Waals surface area contributed by atoms with Gasteiger partial charge in [-0.3, -0.25) is 4.98 Å². The average Bonchev–Trinajstić information content (AvgIpc) is 2.91. The zero-order valence-corrected chi connectivity index (χ0v) is 11.1. The molecule has 21 heavy (non-hydrogen) atoms. The molecular weight excluding hydrogens is 305 g/mol. The number of alkyl halides is 3. The van der Waals surface area contributed by atoms with Crippen LogP contribution in [0.5, 0.6) is 10.9 Å². The zero-order chi connectivity index (χ0) is 15.0. The normalized spacial score (nSPS) is 11.8. The Kier molecular flexibility index (Phi) is 3.13. The van der Waals surface area contributed by atoms with E-state index in [1.165, 1.54) is 12.3 Å². The van der Waals surface area contributed by atoms with Crippen LogP contribution in [0.2, 0.25) is 0 Å². The van der Waals surface area contributed by atoms with E-state index in [1.54, 1.807) is 18.2 Å². The van der Waals surface area contributed by atoms with Crippen molar-refractivity contribution in [3.05, 3.63) is 36.3 Å². The van der Waals surface area contributed by atoms with Crippen molar-refractivity contribution < 1.29 is 17.9 Å². The van der Waals surface area contributed by atoms with Gasteiger partial charge in [0, 0.05) is 28.8 Å². The molecule has 0 aliphatic rings. The summed E-state index contributed by atoms with van der Waals surface area (Å²) < 4.78 is 45.9. The summed E-state index contributed by atoms with van der Waals surface area (Å²) in [5.41, 5.74) is 6.75. The van der Waals surface area contributed by atoms with Gasteiger partial charge < -0.3 is 10.5 Å². The molecule has 0 fully saturated rings. The zero-order valence-electron chi connectivity index (χ0n) is 10.3. The van der Waals surface area contributed by atoms with Crippen LogP contribution in [-0.4, -0.2) is 14.3 Å². The summed E-state index contributed by atoms with van der Waals surface area (Å²) in [5, 5.41) is 0.439. The number of nitrogen functional groups attached to an aromatic ring is 1. The molecule has 5 nitrogen and oxygen atoms in total. The van der Waals surface area contributed by atoms with E-state index in [-0.39, 0.29) is 10.9 Å². The first-order chi connectivity index (χ1) is 9.95. The molecule has 0 atom stereocenters. The van der Waals surface area contributed by atoms with Crippen molar-refractivity contribution in [3.8, 4) is 10.9 Å². The number of nitrogens with zero attached hydrogens (tertiary/aromatic N) is 3. The smallest absolute Gasteiger partial charge is 0.428 e. The Balaban J connectivity index is 1.99. The molecule has 2 heterocycles. The van der Waals surface area contributed by atoms with Crippen molar-refractivity contribution in [2.24, 2.45) is 0 Å².